The number of carbonyl (C=O) groups is 2. The number of nitrogens with one attached hydrogen (secondary N) is 1. The number of piperidine rings is 1. The monoisotopic (exact) mass is 399 g/mol. The fourth-order valence-electron chi connectivity index (χ4n) is 3.58. The molecule has 5 nitrogen and oxygen atoms in total. The van der Waals surface area contributed by atoms with Crippen LogP contribution >= 0.6 is 11.6 Å². The van der Waals surface area contributed by atoms with E-state index in [1.165, 1.54) is 0 Å². The van der Waals surface area contributed by atoms with Crippen LogP contribution in [0, 0.1) is 0 Å². The molecule has 1 heterocycles. The second-order valence-electron chi connectivity index (χ2n) is 7.14. The van der Waals surface area contributed by atoms with E-state index in [2.05, 4.69) is 5.32 Å². The number of likely N-dealkylation sites (N-methyl/N-ethyl adjacent to an activating group) is 1. The van der Waals surface area contributed by atoms with Gasteiger partial charge in [0.1, 0.15) is 6.04 Å². The first-order valence-electron chi connectivity index (χ1n) is 9.64. The first kappa shape index (κ1) is 20.4. The van der Waals surface area contributed by atoms with Crippen molar-refractivity contribution in [2.24, 2.45) is 0 Å². The molecule has 6 heteroatoms. The summed E-state index contributed by atoms with van der Waals surface area (Å²) in [6.45, 7) is 1.65. The van der Waals surface area contributed by atoms with Crippen LogP contribution in [0.1, 0.15) is 30.9 Å². The zero-order chi connectivity index (χ0) is 19.9. The van der Waals surface area contributed by atoms with Crippen molar-refractivity contribution in [1.82, 2.24) is 9.80 Å². The molecule has 1 unspecified atom stereocenters. The van der Waals surface area contributed by atoms with Crippen molar-refractivity contribution < 1.29 is 9.59 Å². The maximum absolute atomic E-state index is 13.3. The van der Waals surface area contributed by atoms with Gasteiger partial charge in [-0.25, -0.2) is 0 Å². The fourth-order valence-corrected chi connectivity index (χ4v) is 3.76. The van der Waals surface area contributed by atoms with Gasteiger partial charge in [0.2, 0.25) is 11.8 Å². The molecule has 0 spiro atoms. The Balaban J connectivity index is 1.74. The molecule has 28 heavy (non-hydrogen) atoms. The molecule has 0 radical (unpaired) electrons. The summed E-state index contributed by atoms with van der Waals surface area (Å²) >= 11 is 6.13. The van der Waals surface area contributed by atoms with Crippen LogP contribution in [0.25, 0.3) is 0 Å². The molecule has 2 aromatic rings. The number of halogens is 1. The molecule has 1 saturated heterocycles. The Morgan fingerprint density at radius 3 is 2.36 bits per heavy atom. The van der Waals surface area contributed by atoms with Gasteiger partial charge >= 0.3 is 0 Å². The Bertz CT molecular complexity index is 806. The quantitative estimate of drug-likeness (QED) is 0.799. The minimum Gasteiger partial charge on any atom is -0.341 e. The van der Waals surface area contributed by atoms with E-state index in [0.717, 1.165) is 37.9 Å². The zero-order valence-electron chi connectivity index (χ0n) is 16.1. The Hall–Kier alpha value is -2.37. The van der Waals surface area contributed by atoms with Crippen LogP contribution in [0.4, 0.5) is 5.69 Å². The van der Waals surface area contributed by atoms with Gasteiger partial charge in [0.05, 0.1) is 17.3 Å². The number of likely N-dealkylation sites (tertiary alicyclic amines) is 1. The van der Waals surface area contributed by atoms with Crippen molar-refractivity contribution in [3.8, 4) is 0 Å². The second-order valence-corrected chi connectivity index (χ2v) is 7.55. The molecule has 3 rings (SSSR count). The van der Waals surface area contributed by atoms with Crippen molar-refractivity contribution in [3.63, 3.8) is 0 Å². The van der Waals surface area contributed by atoms with E-state index in [-0.39, 0.29) is 18.4 Å². The van der Waals surface area contributed by atoms with Crippen molar-refractivity contribution in [2.45, 2.75) is 25.3 Å². The normalized spacial score (nSPS) is 15.3. The van der Waals surface area contributed by atoms with Crippen molar-refractivity contribution >= 4 is 29.1 Å². The molecule has 0 bridgehead atoms. The lowest BCUT2D eigenvalue weighted by Gasteiger charge is -2.34. The standard InChI is InChI=1S/C22H26ClN3O2/c1-25(16-20(27)24-19-13-7-6-12-18(19)23)21(17-10-4-2-5-11-17)22(28)26-14-8-3-9-15-26/h2,4-7,10-13,21H,3,8-9,14-16H2,1H3,(H,24,27). The predicted molar refractivity (Wildman–Crippen MR) is 112 cm³/mol. The molecule has 2 amide bonds. The topological polar surface area (TPSA) is 52.7 Å². The highest BCUT2D eigenvalue weighted by Gasteiger charge is 2.31. The van der Waals surface area contributed by atoms with Gasteiger partial charge in [0, 0.05) is 13.1 Å². The van der Waals surface area contributed by atoms with Gasteiger partial charge in [-0.2, -0.15) is 0 Å². The Kier molecular flexibility index (Phi) is 7.06. The number of rotatable bonds is 6. The van der Waals surface area contributed by atoms with Crippen molar-refractivity contribution in [3.05, 3.63) is 65.2 Å². The molecule has 0 saturated carbocycles. The van der Waals surface area contributed by atoms with Crippen LogP contribution in [-0.4, -0.2) is 48.3 Å². The first-order chi connectivity index (χ1) is 13.6. The van der Waals surface area contributed by atoms with E-state index >= 15 is 0 Å². The minimum atomic E-state index is -0.490. The van der Waals surface area contributed by atoms with Crippen LogP contribution in [0.3, 0.4) is 0 Å². The summed E-state index contributed by atoms with van der Waals surface area (Å²) in [5, 5.41) is 3.32. The molecular weight excluding hydrogens is 374 g/mol. The SMILES string of the molecule is CN(CC(=O)Nc1ccccc1Cl)C(C(=O)N1CCCCC1)c1ccccc1. The highest BCUT2D eigenvalue weighted by atomic mass is 35.5. The number of anilines is 1. The summed E-state index contributed by atoms with van der Waals surface area (Å²) in [5.74, 6) is -0.151. The van der Waals surface area contributed by atoms with Gasteiger partial charge < -0.3 is 10.2 Å². The smallest absolute Gasteiger partial charge is 0.244 e. The molecule has 1 N–H and O–H groups in total. The largest absolute Gasteiger partial charge is 0.341 e. The molecule has 1 fully saturated rings. The third kappa shape index (κ3) is 5.12. The van der Waals surface area contributed by atoms with Crippen LogP contribution in [0.2, 0.25) is 5.02 Å². The lowest BCUT2D eigenvalue weighted by atomic mass is 10.0. The van der Waals surface area contributed by atoms with Crippen molar-refractivity contribution in [1.29, 1.82) is 0 Å². The highest BCUT2D eigenvalue weighted by molar-refractivity contribution is 6.33. The Labute approximate surface area is 171 Å². The molecule has 0 aromatic heterocycles. The summed E-state index contributed by atoms with van der Waals surface area (Å²) in [6.07, 6.45) is 3.23. The number of hydrogen-bond acceptors (Lipinski definition) is 3. The van der Waals surface area contributed by atoms with Gasteiger partial charge in [0.25, 0.3) is 0 Å². The van der Waals surface area contributed by atoms with E-state index in [1.807, 2.05) is 54.4 Å². The lowest BCUT2D eigenvalue weighted by Crippen LogP contribution is -2.45. The number of hydrogen-bond donors (Lipinski definition) is 1. The van der Waals surface area contributed by atoms with E-state index in [4.69, 9.17) is 11.6 Å². The van der Waals surface area contributed by atoms with Gasteiger partial charge in [-0.3, -0.25) is 14.5 Å². The Morgan fingerprint density at radius 1 is 1.04 bits per heavy atom. The average molecular weight is 400 g/mol. The molecule has 0 aliphatic carbocycles. The summed E-state index contributed by atoms with van der Waals surface area (Å²) in [5.41, 5.74) is 1.47. The average Bonchev–Trinajstić information content (AvgIpc) is 2.71. The lowest BCUT2D eigenvalue weighted by molar-refractivity contribution is -0.138. The molecular formula is C22H26ClN3O2. The summed E-state index contributed by atoms with van der Waals surface area (Å²) in [7, 11) is 1.81. The van der Waals surface area contributed by atoms with Crippen LogP contribution in [0.5, 0.6) is 0 Å². The maximum Gasteiger partial charge on any atom is 0.244 e. The van der Waals surface area contributed by atoms with Gasteiger partial charge in [0.15, 0.2) is 0 Å². The third-order valence-electron chi connectivity index (χ3n) is 5.00. The highest BCUT2D eigenvalue weighted by Crippen LogP contribution is 2.25. The molecule has 2 aromatic carbocycles. The molecule has 1 aliphatic heterocycles. The molecule has 148 valence electrons. The summed E-state index contributed by atoms with van der Waals surface area (Å²) < 4.78 is 0. The Morgan fingerprint density at radius 2 is 1.68 bits per heavy atom. The molecule has 1 aliphatic rings. The first-order valence-corrected chi connectivity index (χ1v) is 10.0. The number of nitrogens with zero attached hydrogens (tertiary/aromatic N) is 2. The van der Waals surface area contributed by atoms with E-state index in [1.54, 1.807) is 17.0 Å². The number of para-hydroxylation sites is 1. The third-order valence-corrected chi connectivity index (χ3v) is 5.33. The second kappa shape index (κ2) is 9.71. The number of amides is 2. The maximum atomic E-state index is 13.3. The van der Waals surface area contributed by atoms with E-state index < -0.39 is 6.04 Å². The number of carbonyl (C=O) groups excluding carboxylic acids is 2. The van der Waals surface area contributed by atoms with Gasteiger partial charge in [-0.15, -0.1) is 0 Å². The number of benzene rings is 2. The summed E-state index contributed by atoms with van der Waals surface area (Å²) in [4.78, 5) is 29.6. The van der Waals surface area contributed by atoms with E-state index in [9.17, 15) is 9.59 Å². The summed E-state index contributed by atoms with van der Waals surface area (Å²) in [6, 6.07) is 16.3. The van der Waals surface area contributed by atoms with Gasteiger partial charge in [-0.1, -0.05) is 54.1 Å². The predicted octanol–water partition coefficient (Wildman–Crippen LogP) is 3.96. The minimum absolute atomic E-state index is 0.0546. The van der Waals surface area contributed by atoms with Crippen LogP contribution < -0.4 is 5.32 Å². The van der Waals surface area contributed by atoms with Crippen molar-refractivity contribution in [2.75, 3.05) is 32.0 Å². The van der Waals surface area contributed by atoms with Crippen LogP contribution in [-0.2, 0) is 9.59 Å². The van der Waals surface area contributed by atoms with Crippen LogP contribution in [0.15, 0.2) is 54.6 Å². The molecule has 1 atom stereocenters. The fraction of sp³-hybridized carbons (Fsp3) is 0.364. The van der Waals surface area contributed by atoms with Gasteiger partial charge in [-0.05, 0) is 44.0 Å². The van der Waals surface area contributed by atoms with E-state index in [0.29, 0.717) is 10.7 Å². The zero-order valence-corrected chi connectivity index (χ0v) is 16.9.